The van der Waals surface area contributed by atoms with E-state index in [1.807, 2.05) is 0 Å². The maximum atomic E-state index is 5.59. The van der Waals surface area contributed by atoms with Crippen LogP contribution in [0.2, 0.25) is 0 Å². The highest BCUT2D eigenvalue weighted by atomic mass is 15.1. The number of likely N-dealkylation sites (tertiary alicyclic amines) is 1. The van der Waals surface area contributed by atoms with E-state index in [2.05, 4.69) is 35.4 Å². The highest BCUT2D eigenvalue weighted by Crippen LogP contribution is 2.15. The molecule has 0 aromatic rings. The van der Waals surface area contributed by atoms with Crippen LogP contribution >= 0.6 is 0 Å². The highest BCUT2D eigenvalue weighted by molar-refractivity contribution is 5.23. The molecule has 1 heterocycles. The maximum absolute atomic E-state index is 5.59. The Labute approximate surface area is 105 Å². The van der Waals surface area contributed by atoms with Crippen molar-refractivity contribution in [2.75, 3.05) is 26.2 Å². The fourth-order valence-corrected chi connectivity index (χ4v) is 2.77. The molecular formula is C14H25N3. The summed E-state index contributed by atoms with van der Waals surface area (Å²) in [5.74, 6) is 0. The first-order valence-corrected chi connectivity index (χ1v) is 6.81. The third kappa shape index (κ3) is 3.95. The summed E-state index contributed by atoms with van der Waals surface area (Å²) in [6.45, 7) is 6.40. The van der Waals surface area contributed by atoms with Gasteiger partial charge in [-0.2, -0.15) is 0 Å². The lowest BCUT2D eigenvalue weighted by Crippen LogP contribution is -2.46. The summed E-state index contributed by atoms with van der Waals surface area (Å²) in [7, 11) is 0. The molecule has 96 valence electrons. The lowest BCUT2D eigenvalue weighted by atomic mass is 9.99. The van der Waals surface area contributed by atoms with Crippen LogP contribution in [-0.4, -0.2) is 43.2 Å². The molecule has 2 aliphatic rings. The molecule has 1 atom stereocenters. The number of hydrogen-bond acceptors (Lipinski definition) is 3. The van der Waals surface area contributed by atoms with Gasteiger partial charge < -0.3 is 16.0 Å². The van der Waals surface area contributed by atoms with E-state index in [0.717, 1.165) is 19.5 Å². The van der Waals surface area contributed by atoms with Gasteiger partial charge in [-0.15, -0.1) is 0 Å². The molecular weight excluding hydrogens is 210 g/mol. The van der Waals surface area contributed by atoms with Gasteiger partial charge in [0.25, 0.3) is 0 Å². The number of hydrogen-bond donors (Lipinski definition) is 2. The Kier molecular flexibility index (Phi) is 4.77. The monoisotopic (exact) mass is 235 g/mol. The molecule has 1 aliphatic heterocycles. The highest BCUT2D eigenvalue weighted by Gasteiger charge is 2.20. The molecule has 3 nitrogen and oxygen atoms in total. The van der Waals surface area contributed by atoms with Crippen molar-refractivity contribution in [3.8, 4) is 0 Å². The standard InChI is InChI=1S/C14H25N3/c1-12-3-2-4-14(11-12)16-13-5-8-17(9-6-13)10-7-15/h2-3,11,13-14,16H,4-10,15H2,1H3. The third-order valence-corrected chi connectivity index (χ3v) is 3.72. The van der Waals surface area contributed by atoms with Crippen molar-refractivity contribution < 1.29 is 0 Å². The van der Waals surface area contributed by atoms with Gasteiger partial charge in [0.2, 0.25) is 0 Å². The van der Waals surface area contributed by atoms with E-state index in [0.29, 0.717) is 12.1 Å². The summed E-state index contributed by atoms with van der Waals surface area (Å²) in [6.07, 6.45) is 10.5. The topological polar surface area (TPSA) is 41.3 Å². The summed E-state index contributed by atoms with van der Waals surface area (Å²) in [6, 6.07) is 1.23. The van der Waals surface area contributed by atoms with Crippen LogP contribution in [0.15, 0.2) is 23.8 Å². The van der Waals surface area contributed by atoms with E-state index in [1.165, 1.54) is 31.5 Å². The van der Waals surface area contributed by atoms with Crippen molar-refractivity contribution in [2.24, 2.45) is 5.73 Å². The molecule has 2 rings (SSSR count). The molecule has 0 aromatic heterocycles. The Morgan fingerprint density at radius 3 is 2.82 bits per heavy atom. The minimum absolute atomic E-state index is 0.547. The van der Waals surface area contributed by atoms with Gasteiger partial charge in [-0.1, -0.05) is 23.8 Å². The van der Waals surface area contributed by atoms with Crippen LogP contribution in [0, 0.1) is 0 Å². The van der Waals surface area contributed by atoms with Crippen LogP contribution in [0.4, 0.5) is 0 Å². The summed E-state index contributed by atoms with van der Waals surface area (Å²) in [4.78, 5) is 2.47. The van der Waals surface area contributed by atoms with E-state index < -0.39 is 0 Å². The van der Waals surface area contributed by atoms with E-state index in [9.17, 15) is 0 Å². The zero-order chi connectivity index (χ0) is 12.1. The predicted octanol–water partition coefficient (Wildman–Crippen LogP) is 1.27. The Balaban J connectivity index is 1.73. The number of nitrogens with zero attached hydrogens (tertiary/aromatic N) is 1. The van der Waals surface area contributed by atoms with Gasteiger partial charge in [-0.05, 0) is 39.3 Å². The van der Waals surface area contributed by atoms with E-state index in [-0.39, 0.29) is 0 Å². The maximum Gasteiger partial charge on any atom is 0.0292 e. The first kappa shape index (κ1) is 12.8. The van der Waals surface area contributed by atoms with E-state index >= 15 is 0 Å². The molecule has 0 aromatic carbocycles. The van der Waals surface area contributed by atoms with Crippen LogP contribution in [0.1, 0.15) is 26.2 Å². The number of allylic oxidation sites excluding steroid dienone is 2. The molecule has 1 saturated heterocycles. The second-order valence-corrected chi connectivity index (χ2v) is 5.23. The largest absolute Gasteiger partial charge is 0.329 e. The summed E-state index contributed by atoms with van der Waals surface area (Å²) in [5.41, 5.74) is 6.97. The van der Waals surface area contributed by atoms with Gasteiger partial charge in [0.15, 0.2) is 0 Å². The zero-order valence-electron chi connectivity index (χ0n) is 10.9. The molecule has 0 bridgehead atoms. The zero-order valence-corrected chi connectivity index (χ0v) is 10.9. The normalized spacial score (nSPS) is 27.2. The average molecular weight is 235 g/mol. The Hall–Kier alpha value is -0.640. The second-order valence-electron chi connectivity index (χ2n) is 5.23. The minimum Gasteiger partial charge on any atom is -0.329 e. The van der Waals surface area contributed by atoms with Gasteiger partial charge >= 0.3 is 0 Å². The predicted molar refractivity (Wildman–Crippen MR) is 73.0 cm³/mol. The molecule has 3 N–H and O–H groups in total. The lowest BCUT2D eigenvalue weighted by Gasteiger charge is -2.34. The summed E-state index contributed by atoms with van der Waals surface area (Å²) < 4.78 is 0. The smallest absolute Gasteiger partial charge is 0.0292 e. The van der Waals surface area contributed by atoms with Crippen LogP contribution in [0.5, 0.6) is 0 Å². The van der Waals surface area contributed by atoms with Crippen molar-refractivity contribution in [1.29, 1.82) is 0 Å². The molecule has 0 saturated carbocycles. The van der Waals surface area contributed by atoms with Crippen LogP contribution in [0.3, 0.4) is 0 Å². The molecule has 1 aliphatic carbocycles. The molecule has 3 heteroatoms. The van der Waals surface area contributed by atoms with Gasteiger partial charge in [0.1, 0.15) is 0 Å². The third-order valence-electron chi connectivity index (χ3n) is 3.72. The first-order chi connectivity index (χ1) is 8.28. The van der Waals surface area contributed by atoms with Crippen molar-refractivity contribution in [1.82, 2.24) is 10.2 Å². The van der Waals surface area contributed by atoms with Crippen molar-refractivity contribution in [3.63, 3.8) is 0 Å². The van der Waals surface area contributed by atoms with Gasteiger partial charge in [0, 0.05) is 25.2 Å². The molecule has 1 fully saturated rings. The quantitative estimate of drug-likeness (QED) is 0.771. The van der Waals surface area contributed by atoms with Crippen LogP contribution in [-0.2, 0) is 0 Å². The number of piperidine rings is 1. The molecule has 0 spiro atoms. The number of rotatable bonds is 4. The Morgan fingerprint density at radius 1 is 1.41 bits per heavy atom. The minimum atomic E-state index is 0.547. The second kappa shape index (κ2) is 6.34. The van der Waals surface area contributed by atoms with Crippen LogP contribution in [0.25, 0.3) is 0 Å². The average Bonchev–Trinajstić information content (AvgIpc) is 2.32. The van der Waals surface area contributed by atoms with Gasteiger partial charge in [-0.25, -0.2) is 0 Å². The van der Waals surface area contributed by atoms with Crippen molar-refractivity contribution in [2.45, 2.75) is 38.3 Å². The molecule has 1 unspecified atom stereocenters. The fraction of sp³-hybridized carbons (Fsp3) is 0.714. The van der Waals surface area contributed by atoms with Gasteiger partial charge in [-0.3, -0.25) is 0 Å². The van der Waals surface area contributed by atoms with E-state index in [1.54, 1.807) is 0 Å². The Morgan fingerprint density at radius 2 is 2.18 bits per heavy atom. The van der Waals surface area contributed by atoms with Gasteiger partial charge in [0.05, 0.1) is 0 Å². The molecule has 0 radical (unpaired) electrons. The van der Waals surface area contributed by atoms with Crippen LogP contribution < -0.4 is 11.1 Å². The first-order valence-electron chi connectivity index (χ1n) is 6.81. The van der Waals surface area contributed by atoms with Crippen molar-refractivity contribution >= 4 is 0 Å². The SMILES string of the molecule is CC1=CC(NC2CCN(CCN)CC2)CC=C1. The molecule has 17 heavy (non-hydrogen) atoms. The van der Waals surface area contributed by atoms with Crippen molar-refractivity contribution in [3.05, 3.63) is 23.8 Å². The fourth-order valence-electron chi connectivity index (χ4n) is 2.77. The number of nitrogens with two attached hydrogens (primary N) is 1. The summed E-state index contributed by atoms with van der Waals surface area (Å²) in [5, 5.41) is 3.77. The summed E-state index contributed by atoms with van der Waals surface area (Å²) >= 11 is 0. The lowest BCUT2D eigenvalue weighted by molar-refractivity contribution is 0.198. The Bertz CT molecular complexity index is 288. The molecule has 0 amide bonds. The number of nitrogens with one attached hydrogen (secondary N) is 1. The van der Waals surface area contributed by atoms with E-state index in [4.69, 9.17) is 5.73 Å².